The maximum absolute atomic E-state index is 3.88. The van der Waals surface area contributed by atoms with Crippen molar-refractivity contribution < 1.29 is 0 Å². The van der Waals surface area contributed by atoms with E-state index in [1.165, 1.54) is 19.3 Å². The molecule has 15 heavy (non-hydrogen) atoms. The minimum Gasteiger partial charge on any atom is -0.316 e. The fourth-order valence-corrected chi connectivity index (χ4v) is 1.49. The van der Waals surface area contributed by atoms with E-state index in [4.69, 9.17) is 0 Å². The van der Waals surface area contributed by atoms with E-state index in [1.807, 2.05) is 0 Å². The van der Waals surface area contributed by atoms with Crippen LogP contribution in [0.3, 0.4) is 0 Å². The van der Waals surface area contributed by atoms with Crippen molar-refractivity contribution in [1.82, 2.24) is 5.32 Å². The van der Waals surface area contributed by atoms with Gasteiger partial charge < -0.3 is 5.32 Å². The summed E-state index contributed by atoms with van der Waals surface area (Å²) < 4.78 is 0. The lowest BCUT2D eigenvalue weighted by atomic mass is 10.1. The quantitative estimate of drug-likeness (QED) is 0.425. The normalized spacial score (nSPS) is 13.2. The molecule has 0 fully saturated rings. The Morgan fingerprint density at radius 1 is 1.20 bits per heavy atom. The molecule has 0 rings (SSSR count). The molecular weight excluding hydrogens is 182 g/mol. The van der Waals surface area contributed by atoms with Crippen LogP contribution in [-0.4, -0.2) is 13.1 Å². The maximum atomic E-state index is 3.88. The van der Waals surface area contributed by atoms with E-state index in [9.17, 15) is 0 Å². The molecule has 0 aliphatic carbocycles. The maximum Gasteiger partial charge on any atom is 0.00170 e. The van der Waals surface area contributed by atoms with Gasteiger partial charge >= 0.3 is 0 Å². The van der Waals surface area contributed by atoms with Gasteiger partial charge in [-0.05, 0) is 31.7 Å². The molecule has 88 valence electrons. The molecule has 0 radical (unpaired) electrons. The first kappa shape index (κ1) is 14.4. The largest absolute Gasteiger partial charge is 0.316 e. The first-order valence-electron chi connectivity index (χ1n) is 6.33. The first-order chi connectivity index (χ1) is 7.35. The third-order valence-electron chi connectivity index (χ3n) is 2.54. The number of nitrogens with one attached hydrogen (secondary N) is 1. The minimum absolute atomic E-state index is 0.592. The summed E-state index contributed by atoms with van der Waals surface area (Å²) in [6.07, 6.45) is 12.7. The SMILES string of the molecule is C=CC(C/C=C\CC)CNCCCCC. The summed E-state index contributed by atoms with van der Waals surface area (Å²) in [5.41, 5.74) is 0. The van der Waals surface area contributed by atoms with Crippen LogP contribution < -0.4 is 5.32 Å². The Kier molecular flexibility index (Phi) is 11.1. The van der Waals surface area contributed by atoms with Crippen molar-refractivity contribution in [2.24, 2.45) is 5.92 Å². The lowest BCUT2D eigenvalue weighted by molar-refractivity contribution is 0.542. The Labute approximate surface area is 95.7 Å². The summed E-state index contributed by atoms with van der Waals surface area (Å²) in [5.74, 6) is 0.592. The predicted molar refractivity (Wildman–Crippen MR) is 70.1 cm³/mol. The van der Waals surface area contributed by atoms with Gasteiger partial charge in [-0.1, -0.05) is 44.9 Å². The van der Waals surface area contributed by atoms with Crippen LogP contribution in [0.15, 0.2) is 24.8 Å². The lowest BCUT2D eigenvalue weighted by Gasteiger charge is -2.11. The van der Waals surface area contributed by atoms with E-state index in [-0.39, 0.29) is 0 Å². The molecule has 0 aliphatic rings. The fraction of sp³-hybridized carbons (Fsp3) is 0.714. The highest BCUT2D eigenvalue weighted by molar-refractivity contribution is 4.90. The third kappa shape index (κ3) is 9.74. The van der Waals surface area contributed by atoms with Crippen LogP contribution in [0.1, 0.15) is 46.0 Å². The molecule has 0 aromatic heterocycles. The Balaban J connectivity index is 3.44. The molecule has 1 atom stereocenters. The zero-order valence-electron chi connectivity index (χ0n) is 10.5. The molecule has 0 aliphatic heterocycles. The van der Waals surface area contributed by atoms with Gasteiger partial charge in [-0.25, -0.2) is 0 Å². The average Bonchev–Trinajstić information content (AvgIpc) is 2.26. The summed E-state index contributed by atoms with van der Waals surface area (Å²) in [6, 6.07) is 0. The summed E-state index contributed by atoms with van der Waals surface area (Å²) in [7, 11) is 0. The predicted octanol–water partition coefficient (Wildman–Crippen LogP) is 3.92. The fourth-order valence-electron chi connectivity index (χ4n) is 1.49. The first-order valence-corrected chi connectivity index (χ1v) is 6.33. The van der Waals surface area contributed by atoms with E-state index >= 15 is 0 Å². The van der Waals surface area contributed by atoms with E-state index in [1.54, 1.807) is 0 Å². The van der Waals surface area contributed by atoms with E-state index in [2.05, 4.69) is 44.0 Å². The smallest absolute Gasteiger partial charge is 0.00170 e. The Morgan fingerprint density at radius 3 is 2.60 bits per heavy atom. The molecule has 0 saturated heterocycles. The molecule has 0 saturated carbocycles. The Hall–Kier alpha value is -0.560. The topological polar surface area (TPSA) is 12.0 Å². The van der Waals surface area contributed by atoms with Crippen LogP contribution in [0.5, 0.6) is 0 Å². The van der Waals surface area contributed by atoms with E-state index in [0.717, 1.165) is 25.9 Å². The zero-order chi connectivity index (χ0) is 11.4. The number of hydrogen-bond acceptors (Lipinski definition) is 1. The number of rotatable bonds is 10. The van der Waals surface area contributed by atoms with E-state index in [0.29, 0.717) is 5.92 Å². The second-order valence-electron chi connectivity index (χ2n) is 4.02. The summed E-state index contributed by atoms with van der Waals surface area (Å²) in [6.45, 7) is 10.5. The van der Waals surface area contributed by atoms with Crippen molar-refractivity contribution >= 4 is 0 Å². The molecule has 1 nitrogen and oxygen atoms in total. The van der Waals surface area contributed by atoms with Crippen LogP contribution in [0.4, 0.5) is 0 Å². The zero-order valence-corrected chi connectivity index (χ0v) is 10.5. The van der Waals surface area contributed by atoms with Crippen molar-refractivity contribution in [2.75, 3.05) is 13.1 Å². The van der Waals surface area contributed by atoms with Crippen molar-refractivity contribution in [3.63, 3.8) is 0 Å². The monoisotopic (exact) mass is 209 g/mol. The summed E-state index contributed by atoms with van der Waals surface area (Å²) in [5, 5.41) is 3.49. The van der Waals surface area contributed by atoms with E-state index < -0.39 is 0 Å². The van der Waals surface area contributed by atoms with Crippen molar-refractivity contribution in [2.45, 2.75) is 46.0 Å². The highest BCUT2D eigenvalue weighted by Crippen LogP contribution is 2.04. The molecule has 0 aromatic rings. The molecule has 0 spiro atoms. The van der Waals surface area contributed by atoms with Gasteiger partial charge in [0.15, 0.2) is 0 Å². The van der Waals surface area contributed by atoms with Gasteiger partial charge in [0.25, 0.3) is 0 Å². The lowest BCUT2D eigenvalue weighted by Crippen LogP contribution is -2.22. The highest BCUT2D eigenvalue weighted by Gasteiger charge is 2.00. The van der Waals surface area contributed by atoms with Crippen LogP contribution in [0.25, 0.3) is 0 Å². The van der Waals surface area contributed by atoms with Crippen molar-refractivity contribution in [3.05, 3.63) is 24.8 Å². The van der Waals surface area contributed by atoms with Crippen LogP contribution in [-0.2, 0) is 0 Å². The molecule has 1 heteroatoms. The average molecular weight is 209 g/mol. The third-order valence-corrected chi connectivity index (χ3v) is 2.54. The minimum atomic E-state index is 0.592. The van der Waals surface area contributed by atoms with Gasteiger partial charge in [0.2, 0.25) is 0 Å². The van der Waals surface area contributed by atoms with Gasteiger partial charge in [-0.2, -0.15) is 0 Å². The number of unbranched alkanes of at least 4 members (excludes halogenated alkanes) is 2. The number of hydrogen-bond donors (Lipinski definition) is 1. The second kappa shape index (κ2) is 11.5. The molecule has 0 amide bonds. The van der Waals surface area contributed by atoms with Crippen molar-refractivity contribution in [3.8, 4) is 0 Å². The van der Waals surface area contributed by atoms with Crippen molar-refractivity contribution in [1.29, 1.82) is 0 Å². The van der Waals surface area contributed by atoms with Crippen LogP contribution in [0.2, 0.25) is 0 Å². The molecule has 0 bridgehead atoms. The summed E-state index contributed by atoms with van der Waals surface area (Å²) >= 11 is 0. The molecule has 1 unspecified atom stereocenters. The second-order valence-corrected chi connectivity index (χ2v) is 4.02. The molecular formula is C14H27N. The molecule has 0 heterocycles. The van der Waals surface area contributed by atoms with Gasteiger partial charge in [0.05, 0.1) is 0 Å². The molecule has 1 N–H and O–H groups in total. The van der Waals surface area contributed by atoms with Crippen LogP contribution in [0, 0.1) is 5.92 Å². The van der Waals surface area contributed by atoms with Gasteiger partial charge in [-0.15, -0.1) is 6.58 Å². The standard InChI is InChI=1S/C14H27N/c1-4-7-9-11-14(6-3)13-15-12-10-8-5-2/h6-7,9,14-15H,3-5,8,10-13H2,1-2H3/b9-7-. The Bertz CT molecular complexity index is 161. The van der Waals surface area contributed by atoms with Gasteiger partial charge in [0.1, 0.15) is 0 Å². The van der Waals surface area contributed by atoms with Gasteiger partial charge in [0, 0.05) is 6.54 Å². The van der Waals surface area contributed by atoms with Crippen LogP contribution >= 0.6 is 0 Å². The Morgan fingerprint density at radius 2 is 2.00 bits per heavy atom. The number of allylic oxidation sites excluding steroid dienone is 2. The summed E-state index contributed by atoms with van der Waals surface area (Å²) in [4.78, 5) is 0. The highest BCUT2D eigenvalue weighted by atomic mass is 14.8. The van der Waals surface area contributed by atoms with Gasteiger partial charge in [-0.3, -0.25) is 0 Å². The molecule has 0 aromatic carbocycles.